The van der Waals surface area contributed by atoms with Gasteiger partial charge in [0.1, 0.15) is 5.75 Å². The van der Waals surface area contributed by atoms with E-state index >= 15 is 0 Å². The molecule has 0 aliphatic rings. The summed E-state index contributed by atoms with van der Waals surface area (Å²) in [6, 6.07) is 23.1. The van der Waals surface area contributed by atoms with Crippen molar-refractivity contribution in [1.82, 2.24) is 5.32 Å². The average molecular weight is 414 g/mol. The van der Waals surface area contributed by atoms with E-state index in [1.807, 2.05) is 49.4 Å². The second-order valence-corrected chi connectivity index (χ2v) is 7.20. The Morgan fingerprint density at radius 2 is 1.64 bits per heavy atom. The largest absolute Gasteiger partial charge is 0.481 e. The third kappa shape index (κ3) is 5.28. The van der Waals surface area contributed by atoms with Crippen LogP contribution < -0.4 is 10.1 Å². The van der Waals surface area contributed by atoms with E-state index in [0.717, 1.165) is 16.7 Å². The minimum atomic E-state index is -0.575. The van der Waals surface area contributed by atoms with Gasteiger partial charge in [0, 0.05) is 16.6 Å². The molecule has 0 spiro atoms. The van der Waals surface area contributed by atoms with Gasteiger partial charge in [-0.05, 0) is 47.4 Å². The number of amides is 1. The van der Waals surface area contributed by atoms with Crippen LogP contribution in [0.15, 0.2) is 72.8 Å². The van der Waals surface area contributed by atoms with Crippen molar-refractivity contribution < 1.29 is 9.53 Å². The van der Waals surface area contributed by atoms with E-state index < -0.39 is 6.10 Å². The van der Waals surface area contributed by atoms with Crippen molar-refractivity contribution in [3.05, 3.63) is 88.4 Å². The smallest absolute Gasteiger partial charge is 0.261 e. The lowest BCUT2D eigenvalue weighted by Gasteiger charge is -2.18. The van der Waals surface area contributed by atoms with E-state index in [1.165, 1.54) is 0 Å². The predicted octanol–water partition coefficient (Wildman–Crippen LogP) is 6.13. The zero-order chi connectivity index (χ0) is 19.9. The molecule has 28 heavy (non-hydrogen) atoms. The van der Waals surface area contributed by atoms with E-state index in [2.05, 4.69) is 17.4 Å². The van der Waals surface area contributed by atoms with E-state index in [0.29, 0.717) is 28.8 Å². The van der Waals surface area contributed by atoms with Gasteiger partial charge < -0.3 is 10.1 Å². The molecule has 0 fully saturated rings. The van der Waals surface area contributed by atoms with Gasteiger partial charge in [-0.15, -0.1) is 0 Å². The van der Waals surface area contributed by atoms with Crippen LogP contribution in [0.4, 0.5) is 0 Å². The fourth-order valence-corrected chi connectivity index (χ4v) is 3.28. The van der Waals surface area contributed by atoms with Crippen molar-refractivity contribution >= 4 is 29.1 Å². The summed E-state index contributed by atoms with van der Waals surface area (Å²) in [4.78, 5) is 12.5. The minimum absolute atomic E-state index is 0.180. The second kappa shape index (κ2) is 9.63. The monoisotopic (exact) mass is 413 g/mol. The third-order valence-electron chi connectivity index (χ3n) is 4.37. The zero-order valence-corrected chi connectivity index (χ0v) is 17.0. The standard InChI is InChI=1S/C23H21Cl2NO2/c1-2-22(23(27)26-15-18-8-11-19(24)14-21(18)25)28-20-12-9-17(10-13-20)16-6-4-3-5-7-16/h3-14,22H,2,15H2,1H3,(H,26,27). The van der Waals surface area contributed by atoms with E-state index in [1.54, 1.807) is 18.2 Å². The van der Waals surface area contributed by atoms with Crippen molar-refractivity contribution in [2.45, 2.75) is 26.0 Å². The molecule has 1 N–H and O–H groups in total. The normalized spacial score (nSPS) is 11.7. The highest BCUT2D eigenvalue weighted by Crippen LogP contribution is 2.23. The molecule has 0 aliphatic carbocycles. The molecule has 0 aliphatic heterocycles. The fourth-order valence-electron chi connectivity index (χ4n) is 2.80. The number of rotatable bonds is 7. The molecule has 1 amide bonds. The van der Waals surface area contributed by atoms with Crippen molar-refractivity contribution in [2.24, 2.45) is 0 Å². The van der Waals surface area contributed by atoms with E-state index in [4.69, 9.17) is 27.9 Å². The molecule has 0 saturated carbocycles. The fraction of sp³-hybridized carbons (Fsp3) is 0.174. The molecule has 5 heteroatoms. The number of carbonyl (C=O) groups excluding carboxylic acids is 1. The van der Waals surface area contributed by atoms with E-state index in [9.17, 15) is 4.79 Å². The lowest BCUT2D eigenvalue weighted by atomic mass is 10.1. The number of carbonyl (C=O) groups is 1. The Hall–Kier alpha value is -2.49. The summed E-state index contributed by atoms with van der Waals surface area (Å²) in [5.74, 6) is 0.479. The van der Waals surface area contributed by atoms with Gasteiger partial charge in [-0.3, -0.25) is 4.79 Å². The maximum atomic E-state index is 12.5. The maximum Gasteiger partial charge on any atom is 0.261 e. The molecule has 3 aromatic rings. The summed E-state index contributed by atoms with van der Waals surface area (Å²) in [5, 5.41) is 3.97. The topological polar surface area (TPSA) is 38.3 Å². The van der Waals surface area contributed by atoms with Crippen LogP contribution in [0.5, 0.6) is 5.75 Å². The Morgan fingerprint density at radius 3 is 2.29 bits per heavy atom. The molecular formula is C23H21Cl2NO2. The molecule has 0 saturated heterocycles. The molecule has 3 rings (SSSR count). The molecular weight excluding hydrogens is 393 g/mol. The Morgan fingerprint density at radius 1 is 0.964 bits per heavy atom. The van der Waals surface area contributed by atoms with Gasteiger partial charge in [-0.2, -0.15) is 0 Å². The van der Waals surface area contributed by atoms with Gasteiger partial charge in [-0.25, -0.2) is 0 Å². The molecule has 0 aromatic heterocycles. The highest BCUT2D eigenvalue weighted by Gasteiger charge is 2.18. The highest BCUT2D eigenvalue weighted by molar-refractivity contribution is 6.35. The van der Waals surface area contributed by atoms with Crippen molar-refractivity contribution in [2.75, 3.05) is 0 Å². The van der Waals surface area contributed by atoms with Gasteiger partial charge in [0.15, 0.2) is 6.10 Å². The summed E-state index contributed by atoms with van der Waals surface area (Å²) in [7, 11) is 0. The number of benzene rings is 3. The summed E-state index contributed by atoms with van der Waals surface area (Å²) < 4.78 is 5.89. The SMILES string of the molecule is CCC(Oc1ccc(-c2ccccc2)cc1)C(=O)NCc1ccc(Cl)cc1Cl. The third-order valence-corrected chi connectivity index (χ3v) is 4.96. The van der Waals surface area contributed by atoms with Crippen molar-refractivity contribution in [3.8, 4) is 16.9 Å². The molecule has 144 valence electrons. The summed E-state index contributed by atoms with van der Waals surface area (Å²) in [6.07, 6.45) is -0.0192. The van der Waals surface area contributed by atoms with Gasteiger partial charge in [0.2, 0.25) is 0 Å². The Bertz CT molecular complexity index is 927. The first-order chi connectivity index (χ1) is 13.6. The number of halogens is 2. The van der Waals surface area contributed by atoms with Crippen molar-refractivity contribution in [1.29, 1.82) is 0 Å². The van der Waals surface area contributed by atoms with Crippen LogP contribution >= 0.6 is 23.2 Å². The molecule has 0 heterocycles. The number of hydrogen-bond donors (Lipinski definition) is 1. The summed E-state index contributed by atoms with van der Waals surface area (Å²) >= 11 is 12.1. The average Bonchev–Trinajstić information content (AvgIpc) is 2.72. The van der Waals surface area contributed by atoms with Crippen LogP contribution in [0.1, 0.15) is 18.9 Å². The summed E-state index contributed by atoms with van der Waals surface area (Å²) in [6.45, 7) is 2.24. The number of hydrogen-bond acceptors (Lipinski definition) is 2. The van der Waals surface area contributed by atoms with E-state index in [-0.39, 0.29) is 5.91 Å². The molecule has 0 radical (unpaired) electrons. The Labute approximate surface area is 175 Å². The second-order valence-electron chi connectivity index (χ2n) is 6.36. The van der Waals surface area contributed by atoms with Crippen LogP contribution in [-0.4, -0.2) is 12.0 Å². The Kier molecular flexibility index (Phi) is 6.96. The quantitative estimate of drug-likeness (QED) is 0.505. The van der Waals surface area contributed by atoms with Gasteiger partial charge >= 0.3 is 0 Å². The number of nitrogens with one attached hydrogen (secondary N) is 1. The first-order valence-corrected chi connectivity index (χ1v) is 9.86. The van der Waals surface area contributed by atoms with Crippen molar-refractivity contribution in [3.63, 3.8) is 0 Å². The molecule has 1 atom stereocenters. The van der Waals surface area contributed by atoms with Crippen LogP contribution in [-0.2, 0) is 11.3 Å². The highest BCUT2D eigenvalue weighted by atomic mass is 35.5. The van der Waals surface area contributed by atoms with Gasteiger partial charge in [0.05, 0.1) is 0 Å². The lowest BCUT2D eigenvalue weighted by molar-refractivity contribution is -0.128. The van der Waals surface area contributed by atoms with Crippen LogP contribution in [0, 0.1) is 0 Å². The minimum Gasteiger partial charge on any atom is -0.481 e. The zero-order valence-electron chi connectivity index (χ0n) is 15.5. The molecule has 3 aromatic carbocycles. The van der Waals surface area contributed by atoms with Crippen LogP contribution in [0.3, 0.4) is 0 Å². The number of ether oxygens (including phenoxy) is 1. The first-order valence-electron chi connectivity index (χ1n) is 9.10. The van der Waals surface area contributed by atoms with Gasteiger partial charge in [-0.1, -0.05) is 78.7 Å². The maximum absolute atomic E-state index is 12.5. The molecule has 0 bridgehead atoms. The molecule has 3 nitrogen and oxygen atoms in total. The van der Waals surface area contributed by atoms with Gasteiger partial charge in [0.25, 0.3) is 5.91 Å². The predicted molar refractivity (Wildman–Crippen MR) is 115 cm³/mol. The van der Waals surface area contributed by atoms with Crippen LogP contribution in [0.25, 0.3) is 11.1 Å². The summed E-state index contributed by atoms with van der Waals surface area (Å²) in [5.41, 5.74) is 3.04. The first kappa shape index (κ1) is 20.2. The Balaban J connectivity index is 1.60. The lowest BCUT2D eigenvalue weighted by Crippen LogP contribution is -2.37. The molecule has 1 unspecified atom stereocenters. The van der Waals surface area contributed by atoms with Crippen LogP contribution in [0.2, 0.25) is 10.0 Å².